The maximum absolute atomic E-state index is 12.2. The minimum absolute atomic E-state index is 0.178. The zero-order valence-electron chi connectivity index (χ0n) is 12.1. The molecule has 7 heteroatoms. The Hall–Kier alpha value is -1.76. The van der Waals surface area contributed by atoms with E-state index in [-0.39, 0.29) is 18.5 Å². The number of thioether (sulfide) groups is 1. The molecule has 2 amide bonds. The highest BCUT2D eigenvalue weighted by molar-refractivity contribution is 7.98. The number of hydrogen-bond acceptors (Lipinski definition) is 4. The van der Waals surface area contributed by atoms with Crippen molar-refractivity contribution in [1.29, 1.82) is 0 Å². The molecular formula is C14H19N3O3S. The van der Waals surface area contributed by atoms with E-state index in [4.69, 9.17) is 5.11 Å². The summed E-state index contributed by atoms with van der Waals surface area (Å²) in [5.74, 6) is -0.687. The van der Waals surface area contributed by atoms with Gasteiger partial charge in [-0.2, -0.15) is 0 Å². The van der Waals surface area contributed by atoms with Crippen molar-refractivity contribution in [1.82, 2.24) is 9.88 Å². The highest BCUT2D eigenvalue weighted by Crippen LogP contribution is 2.22. The lowest BCUT2D eigenvalue weighted by atomic mass is 9.91. The molecule has 6 nitrogen and oxygen atoms in total. The molecular weight excluding hydrogens is 290 g/mol. The average molecular weight is 309 g/mol. The van der Waals surface area contributed by atoms with Gasteiger partial charge in [0.2, 0.25) is 0 Å². The lowest BCUT2D eigenvalue weighted by molar-refractivity contribution is -0.143. The molecule has 0 spiro atoms. The van der Waals surface area contributed by atoms with Gasteiger partial charge >= 0.3 is 12.0 Å². The molecule has 1 aromatic heterocycles. The second-order valence-electron chi connectivity index (χ2n) is 5.29. The Morgan fingerprint density at radius 2 is 2.19 bits per heavy atom. The Morgan fingerprint density at radius 1 is 1.43 bits per heavy atom. The zero-order valence-corrected chi connectivity index (χ0v) is 12.9. The van der Waals surface area contributed by atoms with Crippen molar-refractivity contribution in [3.63, 3.8) is 0 Å². The lowest BCUT2D eigenvalue weighted by Crippen LogP contribution is -2.47. The first-order valence-electron chi connectivity index (χ1n) is 6.78. The zero-order chi connectivity index (χ0) is 15.4. The number of piperidine rings is 1. The number of pyridine rings is 1. The van der Waals surface area contributed by atoms with Crippen LogP contribution in [0.15, 0.2) is 23.2 Å². The third-order valence-electron chi connectivity index (χ3n) is 3.50. The molecule has 2 N–H and O–H groups in total. The van der Waals surface area contributed by atoms with Crippen LogP contribution in [0.4, 0.5) is 10.6 Å². The molecule has 2 atom stereocenters. The van der Waals surface area contributed by atoms with Crippen LogP contribution in [0.2, 0.25) is 0 Å². The fourth-order valence-corrected chi connectivity index (χ4v) is 2.82. The fourth-order valence-electron chi connectivity index (χ4n) is 2.46. The van der Waals surface area contributed by atoms with Gasteiger partial charge in [-0.25, -0.2) is 9.78 Å². The summed E-state index contributed by atoms with van der Waals surface area (Å²) >= 11 is 1.58. The molecule has 1 saturated heterocycles. The molecule has 2 unspecified atom stereocenters. The van der Waals surface area contributed by atoms with Crippen LogP contribution in [0.3, 0.4) is 0 Å². The second-order valence-corrected chi connectivity index (χ2v) is 6.17. The highest BCUT2D eigenvalue weighted by atomic mass is 32.2. The molecule has 0 radical (unpaired) electrons. The summed E-state index contributed by atoms with van der Waals surface area (Å²) in [7, 11) is 0. The Bertz CT molecular complexity index is 521. The molecule has 0 aliphatic carbocycles. The monoisotopic (exact) mass is 309 g/mol. The van der Waals surface area contributed by atoms with E-state index in [1.165, 1.54) is 0 Å². The predicted octanol–water partition coefficient (Wildman–Crippen LogP) is 2.38. The highest BCUT2D eigenvalue weighted by Gasteiger charge is 2.31. The van der Waals surface area contributed by atoms with Crippen molar-refractivity contribution < 1.29 is 14.7 Å². The lowest BCUT2D eigenvalue weighted by Gasteiger charge is -2.34. The van der Waals surface area contributed by atoms with Crippen molar-refractivity contribution in [2.45, 2.75) is 18.2 Å². The first kappa shape index (κ1) is 15.6. The molecule has 1 aliphatic rings. The summed E-state index contributed by atoms with van der Waals surface area (Å²) < 4.78 is 0. The second kappa shape index (κ2) is 6.80. The van der Waals surface area contributed by atoms with Crippen LogP contribution >= 0.6 is 11.8 Å². The van der Waals surface area contributed by atoms with E-state index in [0.29, 0.717) is 18.8 Å². The van der Waals surface area contributed by atoms with Crippen LogP contribution in [0.5, 0.6) is 0 Å². The largest absolute Gasteiger partial charge is 0.481 e. The topological polar surface area (TPSA) is 82.5 Å². The van der Waals surface area contributed by atoms with E-state index in [2.05, 4.69) is 10.3 Å². The number of nitrogens with one attached hydrogen (secondary N) is 1. The van der Waals surface area contributed by atoms with Crippen molar-refractivity contribution in [2.24, 2.45) is 11.8 Å². The minimum atomic E-state index is -0.846. The number of anilines is 1. The Morgan fingerprint density at radius 3 is 2.76 bits per heavy atom. The Labute approximate surface area is 127 Å². The molecule has 114 valence electrons. The number of aromatic nitrogens is 1. The van der Waals surface area contributed by atoms with E-state index in [1.807, 2.05) is 19.2 Å². The smallest absolute Gasteiger partial charge is 0.323 e. The Balaban J connectivity index is 1.99. The maximum Gasteiger partial charge on any atom is 0.323 e. The van der Waals surface area contributed by atoms with E-state index in [9.17, 15) is 9.59 Å². The van der Waals surface area contributed by atoms with Crippen molar-refractivity contribution in [2.75, 3.05) is 24.7 Å². The predicted molar refractivity (Wildman–Crippen MR) is 81.5 cm³/mol. The summed E-state index contributed by atoms with van der Waals surface area (Å²) in [6.07, 6.45) is 4.26. The number of carbonyl (C=O) groups is 2. The summed E-state index contributed by atoms with van der Waals surface area (Å²) in [6.45, 7) is 2.77. The van der Waals surface area contributed by atoms with Crippen LogP contribution in [0.1, 0.15) is 13.3 Å². The summed E-state index contributed by atoms with van der Waals surface area (Å²) in [4.78, 5) is 30.1. The number of hydrogen-bond donors (Lipinski definition) is 2. The van der Waals surface area contributed by atoms with Gasteiger partial charge in [0.05, 0.1) is 5.92 Å². The van der Waals surface area contributed by atoms with E-state index in [1.54, 1.807) is 28.9 Å². The standard InChI is InChI=1S/C14H19N3O3S/c1-9-5-10(13(18)19)8-17(7-9)14(20)16-12-4-3-11(21-2)6-15-12/h3-4,6,9-10H,5,7-8H2,1-2H3,(H,18,19)(H,15,16,20). The third kappa shape index (κ3) is 4.10. The van der Waals surface area contributed by atoms with Crippen molar-refractivity contribution in [3.05, 3.63) is 18.3 Å². The van der Waals surface area contributed by atoms with Gasteiger partial charge in [0.25, 0.3) is 0 Å². The SMILES string of the molecule is CSc1ccc(NC(=O)N2CC(C)CC(C(=O)O)C2)nc1. The van der Waals surface area contributed by atoms with E-state index < -0.39 is 11.9 Å². The first-order chi connectivity index (χ1) is 9.99. The minimum Gasteiger partial charge on any atom is -0.481 e. The van der Waals surface area contributed by atoms with E-state index >= 15 is 0 Å². The van der Waals surface area contributed by atoms with Gasteiger partial charge in [-0.3, -0.25) is 10.1 Å². The first-order valence-corrected chi connectivity index (χ1v) is 8.01. The number of carbonyl (C=O) groups excluding carboxylic acids is 1. The third-order valence-corrected chi connectivity index (χ3v) is 4.22. The number of carboxylic acids is 1. The molecule has 0 saturated carbocycles. The number of rotatable bonds is 3. The molecule has 1 aliphatic heterocycles. The van der Waals surface area contributed by atoms with Crippen LogP contribution in [0.25, 0.3) is 0 Å². The summed E-state index contributed by atoms with van der Waals surface area (Å²) in [5, 5.41) is 11.8. The van der Waals surface area contributed by atoms with Gasteiger partial charge in [0.1, 0.15) is 5.82 Å². The fraction of sp³-hybridized carbons (Fsp3) is 0.500. The van der Waals surface area contributed by atoms with Gasteiger partial charge in [-0.1, -0.05) is 6.92 Å². The number of amides is 2. The molecule has 1 fully saturated rings. The number of likely N-dealkylation sites (tertiary alicyclic amines) is 1. The van der Waals surface area contributed by atoms with Gasteiger partial charge in [-0.05, 0) is 30.7 Å². The molecule has 2 rings (SSSR count). The number of carboxylic acid groups (broad SMARTS) is 1. The quantitative estimate of drug-likeness (QED) is 0.838. The van der Waals surface area contributed by atoms with Crippen molar-refractivity contribution >= 4 is 29.6 Å². The van der Waals surface area contributed by atoms with Gasteiger partial charge in [0, 0.05) is 24.2 Å². The molecule has 2 heterocycles. The molecule has 0 aromatic carbocycles. The van der Waals surface area contributed by atoms with Crippen LogP contribution in [-0.4, -0.2) is 46.3 Å². The maximum atomic E-state index is 12.2. The molecule has 1 aromatic rings. The normalized spacial score (nSPS) is 21.9. The number of urea groups is 1. The van der Waals surface area contributed by atoms with Crippen LogP contribution < -0.4 is 5.32 Å². The average Bonchev–Trinajstić information content (AvgIpc) is 2.47. The summed E-state index contributed by atoms with van der Waals surface area (Å²) in [5.41, 5.74) is 0. The van der Waals surface area contributed by atoms with Crippen LogP contribution in [0, 0.1) is 11.8 Å². The number of aliphatic carboxylic acids is 1. The Kier molecular flexibility index (Phi) is 5.06. The molecule has 0 bridgehead atoms. The molecule has 21 heavy (non-hydrogen) atoms. The number of nitrogens with zero attached hydrogens (tertiary/aromatic N) is 2. The van der Waals surface area contributed by atoms with Crippen LogP contribution in [-0.2, 0) is 4.79 Å². The summed E-state index contributed by atoms with van der Waals surface area (Å²) in [6, 6.07) is 3.33. The van der Waals surface area contributed by atoms with Gasteiger partial charge < -0.3 is 10.0 Å². The van der Waals surface area contributed by atoms with Crippen molar-refractivity contribution in [3.8, 4) is 0 Å². The van der Waals surface area contributed by atoms with Gasteiger partial charge in [0.15, 0.2) is 0 Å². The van der Waals surface area contributed by atoms with E-state index in [0.717, 1.165) is 4.90 Å². The van der Waals surface area contributed by atoms with Gasteiger partial charge in [-0.15, -0.1) is 11.8 Å².